The molecule has 0 bridgehead atoms. The zero-order valence-electron chi connectivity index (χ0n) is 22.1. The summed E-state index contributed by atoms with van der Waals surface area (Å²) >= 11 is 6.37. The van der Waals surface area contributed by atoms with Crippen molar-refractivity contribution in [1.82, 2.24) is 24.6 Å². The van der Waals surface area contributed by atoms with E-state index in [4.69, 9.17) is 11.6 Å². The Labute approximate surface area is 231 Å². The molecule has 9 nitrogen and oxygen atoms in total. The molecule has 39 heavy (non-hydrogen) atoms. The fraction of sp³-hybridized carbons (Fsp3) is 0.414. The van der Waals surface area contributed by atoms with E-state index in [2.05, 4.69) is 9.88 Å². The minimum Gasteiger partial charge on any atom is -0.508 e. The Morgan fingerprint density at radius 2 is 1.87 bits per heavy atom. The predicted octanol–water partition coefficient (Wildman–Crippen LogP) is 2.77. The number of fused-ring (bicyclic) bond motifs is 4. The van der Waals surface area contributed by atoms with E-state index >= 15 is 0 Å². The largest absolute Gasteiger partial charge is 0.508 e. The van der Waals surface area contributed by atoms with Crippen molar-refractivity contribution in [3.8, 4) is 5.75 Å². The van der Waals surface area contributed by atoms with E-state index in [-0.39, 0.29) is 30.0 Å². The number of piperazine rings is 2. The first-order valence-corrected chi connectivity index (χ1v) is 13.7. The number of carbonyl (C=O) groups excluding carboxylic acids is 3. The summed E-state index contributed by atoms with van der Waals surface area (Å²) in [7, 11) is 0. The molecule has 2 aromatic carbocycles. The van der Waals surface area contributed by atoms with Gasteiger partial charge in [0.25, 0.3) is 0 Å². The monoisotopic (exact) mass is 549 g/mol. The topological polar surface area (TPSA) is 100 Å². The third kappa shape index (κ3) is 4.33. The second kappa shape index (κ2) is 9.57. The Morgan fingerprint density at radius 1 is 1.10 bits per heavy atom. The number of halogens is 1. The number of hydrogen-bond acceptors (Lipinski definition) is 5. The lowest BCUT2D eigenvalue weighted by molar-refractivity contribution is -0.167. The number of benzene rings is 2. The number of phenols is 1. The van der Waals surface area contributed by atoms with E-state index in [1.54, 1.807) is 34.9 Å². The van der Waals surface area contributed by atoms with Gasteiger partial charge in [0.1, 0.15) is 11.3 Å². The zero-order valence-corrected chi connectivity index (χ0v) is 22.9. The number of aromatic amines is 1. The van der Waals surface area contributed by atoms with Crippen molar-refractivity contribution in [2.45, 2.75) is 31.8 Å². The molecule has 2 atom stereocenters. The molecule has 0 spiro atoms. The molecular weight excluding hydrogens is 518 g/mol. The maximum Gasteiger partial charge on any atom is 0.249 e. The molecule has 3 aromatic rings. The molecule has 204 valence electrons. The first kappa shape index (κ1) is 25.7. The van der Waals surface area contributed by atoms with E-state index in [9.17, 15) is 19.5 Å². The molecule has 0 aliphatic carbocycles. The van der Waals surface area contributed by atoms with E-state index in [0.29, 0.717) is 37.6 Å². The average molecular weight is 550 g/mol. The van der Waals surface area contributed by atoms with E-state index in [1.807, 2.05) is 36.1 Å². The van der Waals surface area contributed by atoms with Gasteiger partial charge in [-0.2, -0.15) is 0 Å². The highest BCUT2D eigenvalue weighted by atomic mass is 35.5. The zero-order chi connectivity index (χ0) is 27.5. The summed E-state index contributed by atoms with van der Waals surface area (Å²) in [5.74, 6) is -0.0374. The summed E-state index contributed by atoms with van der Waals surface area (Å²) in [6, 6.07) is 12.0. The number of aromatic hydroxyl groups is 1. The molecule has 0 saturated carbocycles. The minimum atomic E-state index is -1.11. The summed E-state index contributed by atoms with van der Waals surface area (Å²) in [4.78, 5) is 50.7. The maximum absolute atomic E-state index is 14.2. The molecule has 2 N–H and O–H groups in total. The number of amides is 3. The molecule has 3 aliphatic heterocycles. The van der Waals surface area contributed by atoms with Crippen LogP contribution in [0.4, 0.5) is 0 Å². The summed E-state index contributed by atoms with van der Waals surface area (Å²) in [5, 5.41) is 11.8. The highest BCUT2D eigenvalue weighted by Gasteiger charge is 2.56. The molecule has 1 aromatic heterocycles. The van der Waals surface area contributed by atoms with Crippen molar-refractivity contribution in [2.75, 3.05) is 45.8 Å². The van der Waals surface area contributed by atoms with Crippen LogP contribution < -0.4 is 0 Å². The number of hydrogen-bond donors (Lipinski definition) is 2. The van der Waals surface area contributed by atoms with Crippen LogP contribution in [0.25, 0.3) is 10.9 Å². The van der Waals surface area contributed by atoms with Gasteiger partial charge in [0, 0.05) is 74.2 Å². The highest BCUT2D eigenvalue weighted by Crippen LogP contribution is 2.47. The lowest BCUT2D eigenvalue weighted by Crippen LogP contribution is -2.70. The molecule has 10 heteroatoms. The minimum absolute atomic E-state index is 0.00145. The summed E-state index contributed by atoms with van der Waals surface area (Å²) in [6.45, 7) is 7.36. The fourth-order valence-corrected chi connectivity index (χ4v) is 6.67. The van der Waals surface area contributed by atoms with Gasteiger partial charge >= 0.3 is 0 Å². The Morgan fingerprint density at radius 3 is 2.59 bits per heavy atom. The van der Waals surface area contributed by atoms with Crippen LogP contribution >= 0.6 is 11.6 Å². The van der Waals surface area contributed by atoms with Crippen LogP contribution in [-0.2, 0) is 20.8 Å². The second-order valence-electron chi connectivity index (χ2n) is 11.0. The predicted molar refractivity (Wildman–Crippen MR) is 147 cm³/mol. The van der Waals surface area contributed by atoms with Gasteiger partial charge in [0.15, 0.2) is 0 Å². The van der Waals surface area contributed by atoms with Crippen LogP contribution in [-0.4, -0.2) is 98.8 Å². The van der Waals surface area contributed by atoms with Crippen molar-refractivity contribution in [1.29, 1.82) is 0 Å². The van der Waals surface area contributed by atoms with Gasteiger partial charge in [-0.05, 0) is 48.4 Å². The summed E-state index contributed by atoms with van der Waals surface area (Å²) in [6.07, 6.45) is 0.357. The van der Waals surface area contributed by atoms with Gasteiger partial charge in [-0.15, -0.1) is 0 Å². The van der Waals surface area contributed by atoms with E-state index in [1.165, 1.54) is 0 Å². The molecule has 0 unspecified atom stereocenters. The third-order valence-corrected chi connectivity index (χ3v) is 8.75. The number of carbonyl (C=O) groups is 3. The van der Waals surface area contributed by atoms with Crippen LogP contribution in [0.1, 0.15) is 36.7 Å². The first-order valence-electron chi connectivity index (χ1n) is 13.3. The van der Waals surface area contributed by atoms with Crippen LogP contribution in [0, 0.1) is 0 Å². The molecule has 3 aliphatic rings. The quantitative estimate of drug-likeness (QED) is 0.521. The Balaban J connectivity index is 1.34. The molecule has 6 rings (SSSR count). The Hall–Kier alpha value is -3.56. The molecule has 4 heterocycles. The van der Waals surface area contributed by atoms with Crippen LogP contribution in [0.3, 0.4) is 0 Å². The Kier molecular flexibility index (Phi) is 6.31. The lowest BCUT2D eigenvalue weighted by Gasteiger charge is -2.53. The van der Waals surface area contributed by atoms with Crippen LogP contribution in [0.5, 0.6) is 5.75 Å². The molecule has 3 amide bonds. The molecule has 2 fully saturated rings. The van der Waals surface area contributed by atoms with Gasteiger partial charge in [0.05, 0.1) is 12.6 Å². The summed E-state index contributed by atoms with van der Waals surface area (Å²) in [5.41, 5.74) is 2.32. The van der Waals surface area contributed by atoms with E-state index in [0.717, 1.165) is 40.8 Å². The van der Waals surface area contributed by atoms with Crippen molar-refractivity contribution in [3.05, 3.63) is 64.3 Å². The Bertz CT molecular complexity index is 1480. The van der Waals surface area contributed by atoms with Crippen molar-refractivity contribution >= 4 is 40.2 Å². The summed E-state index contributed by atoms with van der Waals surface area (Å²) < 4.78 is 0. The van der Waals surface area contributed by atoms with Gasteiger partial charge in [-0.3, -0.25) is 19.3 Å². The van der Waals surface area contributed by atoms with E-state index < -0.39 is 11.6 Å². The van der Waals surface area contributed by atoms with Crippen molar-refractivity contribution in [3.63, 3.8) is 0 Å². The van der Waals surface area contributed by atoms with Crippen LogP contribution in [0.2, 0.25) is 5.02 Å². The van der Waals surface area contributed by atoms with Gasteiger partial charge in [-0.1, -0.05) is 23.7 Å². The van der Waals surface area contributed by atoms with Gasteiger partial charge in [-0.25, -0.2) is 0 Å². The second-order valence-corrected chi connectivity index (χ2v) is 11.4. The van der Waals surface area contributed by atoms with Gasteiger partial charge in [0.2, 0.25) is 17.7 Å². The normalized spacial score (nSPS) is 23.8. The molecular formula is C29H32ClN5O4. The number of nitrogens with one attached hydrogen (secondary N) is 1. The SMILES string of the molecule is CC(=O)N1CCN(CCN2CC(=O)N3[C@H](c4cccc(O)c4)c4[nH]c5ccc(Cl)cc5c4C[C@@]3(C)C2=O)CC1. The standard InChI is InChI=1S/C29H32ClN5O4/c1-18(36)33-11-8-32(9-12-33)10-13-34-17-25(38)35-27(19-4-3-5-21(37)14-19)26-23(16-29(35,2)28(34)39)22-15-20(30)6-7-24(22)31-26/h3-7,14-15,27,31,37H,8-13,16-17H2,1-2H3/t27-,29+/m1/s1. The number of nitrogens with zero attached hydrogens (tertiary/aromatic N) is 4. The van der Waals surface area contributed by atoms with Crippen LogP contribution in [0.15, 0.2) is 42.5 Å². The van der Waals surface area contributed by atoms with Crippen molar-refractivity contribution < 1.29 is 19.5 Å². The highest BCUT2D eigenvalue weighted by molar-refractivity contribution is 6.31. The average Bonchev–Trinajstić information content (AvgIpc) is 3.26. The maximum atomic E-state index is 14.2. The van der Waals surface area contributed by atoms with Crippen molar-refractivity contribution in [2.24, 2.45) is 0 Å². The third-order valence-electron chi connectivity index (χ3n) is 8.52. The number of aromatic nitrogens is 1. The lowest BCUT2D eigenvalue weighted by atomic mass is 9.78. The van der Waals surface area contributed by atoms with Gasteiger partial charge < -0.3 is 24.8 Å². The molecule has 0 radical (unpaired) electrons. The number of H-pyrrole nitrogens is 1. The number of rotatable bonds is 4. The number of phenolic OH excluding ortho intramolecular Hbond substituents is 1. The smallest absolute Gasteiger partial charge is 0.249 e. The molecule has 2 saturated heterocycles. The first-order chi connectivity index (χ1) is 18.7. The fourth-order valence-electron chi connectivity index (χ4n) is 6.50.